The maximum Gasteiger partial charge on any atom is 0.327 e. The molecule has 0 spiro atoms. The van der Waals surface area contributed by atoms with Crippen LogP contribution in [0.1, 0.15) is 41.0 Å². The van der Waals surface area contributed by atoms with Crippen LogP contribution >= 0.6 is 0 Å². The van der Waals surface area contributed by atoms with Crippen LogP contribution in [0.3, 0.4) is 0 Å². The van der Waals surface area contributed by atoms with Crippen LogP contribution in [0.4, 0.5) is 0 Å². The summed E-state index contributed by atoms with van der Waals surface area (Å²) in [5.74, 6) is -0.0327. The Morgan fingerprint density at radius 2 is 1.95 bits per heavy atom. The topological polar surface area (TPSA) is 64.7 Å². The predicted octanol–water partition coefficient (Wildman–Crippen LogP) is 2.85. The zero-order chi connectivity index (χ0) is 15.0. The maximum absolute atomic E-state index is 11.4. The number of esters is 1. The third-order valence-electron chi connectivity index (χ3n) is 3.13. The van der Waals surface area contributed by atoms with Crippen LogP contribution in [0, 0.1) is 5.92 Å². The summed E-state index contributed by atoms with van der Waals surface area (Å²) in [6.07, 6.45) is 0.966. The van der Waals surface area contributed by atoms with Gasteiger partial charge in [-0.05, 0) is 44.3 Å². The number of nitrogens with two attached hydrogens (primary N) is 1. The first kappa shape index (κ1) is 17.4. The highest BCUT2D eigenvalue weighted by molar-refractivity contribution is 6.12. The van der Waals surface area contributed by atoms with Gasteiger partial charge in [-0.2, -0.15) is 0 Å². The molecule has 0 saturated carbocycles. The van der Waals surface area contributed by atoms with E-state index in [0.29, 0.717) is 18.2 Å². The van der Waals surface area contributed by atoms with E-state index in [4.69, 9.17) is 10.5 Å². The van der Waals surface area contributed by atoms with E-state index < -0.39 is 0 Å². The number of hydrogen-bond acceptors (Lipinski definition) is 4. The number of carbonyl (C=O) groups excluding carboxylic acids is 1. The van der Waals surface area contributed by atoms with Crippen LogP contribution < -0.4 is 5.73 Å². The first-order valence-corrected chi connectivity index (χ1v) is 6.67. The second-order valence-electron chi connectivity index (χ2n) is 4.61. The lowest BCUT2D eigenvalue weighted by molar-refractivity contribution is -0.141. The van der Waals surface area contributed by atoms with Gasteiger partial charge in [0.1, 0.15) is 6.54 Å². The van der Waals surface area contributed by atoms with Gasteiger partial charge in [-0.3, -0.25) is 9.79 Å². The van der Waals surface area contributed by atoms with Gasteiger partial charge in [0.2, 0.25) is 0 Å². The molecule has 0 radical (unpaired) electrons. The average Bonchev–Trinajstić information content (AvgIpc) is 2.37. The van der Waals surface area contributed by atoms with Crippen molar-refractivity contribution < 1.29 is 9.53 Å². The van der Waals surface area contributed by atoms with Crippen molar-refractivity contribution >= 4 is 11.7 Å². The molecule has 1 atom stereocenters. The molecule has 4 heteroatoms. The molecule has 2 N–H and O–H groups in total. The lowest BCUT2D eigenvalue weighted by Crippen LogP contribution is -2.17. The highest BCUT2D eigenvalue weighted by atomic mass is 16.5. The molecule has 0 aromatic heterocycles. The number of allylic oxidation sites excluding steroid dienone is 3. The van der Waals surface area contributed by atoms with Gasteiger partial charge in [0.15, 0.2) is 0 Å². The third-order valence-corrected chi connectivity index (χ3v) is 3.13. The van der Waals surface area contributed by atoms with Crippen molar-refractivity contribution in [2.75, 3.05) is 13.2 Å². The van der Waals surface area contributed by atoms with E-state index in [1.165, 1.54) is 0 Å². The van der Waals surface area contributed by atoms with E-state index >= 15 is 0 Å². The van der Waals surface area contributed by atoms with Crippen LogP contribution in [0.15, 0.2) is 28.4 Å². The molecular formula is C15H26N2O2. The standard InChI is InChI=1S/C15H26N2O2/c1-7-10(3)11(4)15(12(5)13(6)16)17-9-14(18)19-8-2/h10H,4,7-9,16H2,1-3,5-6H3. The lowest BCUT2D eigenvalue weighted by atomic mass is 9.91. The predicted molar refractivity (Wildman–Crippen MR) is 80.1 cm³/mol. The summed E-state index contributed by atoms with van der Waals surface area (Å²) in [6, 6.07) is 0. The Bertz CT molecular complexity index is 391. The second-order valence-corrected chi connectivity index (χ2v) is 4.61. The van der Waals surface area contributed by atoms with E-state index in [0.717, 1.165) is 23.3 Å². The highest BCUT2D eigenvalue weighted by Gasteiger charge is 2.15. The maximum atomic E-state index is 11.4. The molecule has 108 valence electrons. The number of ether oxygens (including phenoxy) is 1. The van der Waals surface area contributed by atoms with Gasteiger partial charge >= 0.3 is 5.97 Å². The molecule has 0 bridgehead atoms. The zero-order valence-corrected chi connectivity index (χ0v) is 12.7. The summed E-state index contributed by atoms with van der Waals surface area (Å²) in [5, 5.41) is 0. The van der Waals surface area contributed by atoms with Crippen molar-refractivity contribution in [3.63, 3.8) is 0 Å². The summed E-state index contributed by atoms with van der Waals surface area (Å²) in [7, 11) is 0. The van der Waals surface area contributed by atoms with Gasteiger partial charge in [-0.25, -0.2) is 0 Å². The first-order valence-electron chi connectivity index (χ1n) is 6.67. The molecule has 0 aliphatic carbocycles. The van der Waals surface area contributed by atoms with E-state index in [2.05, 4.69) is 25.4 Å². The van der Waals surface area contributed by atoms with Crippen molar-refractivity contribution in [1.82, 2.24) is 0 Å². The van der Waals surface area contributed by atoms with Crippen LogP contribution in [0.2, 0.25) is 0 Å². The SMILES string of the molecule is C=C(C(=NCC(=O)OCC)C(C)=C(C)N)C(C)CC. The van der Waals surface area contributed by atoms with Gasteiger partial charge in [0.05, 0.1) is 12.3 Å². The van der Waals surface area contributed by atoms with Gasteiger partial charge in [0, 0.05) is 5.70 Å². The number of carbonyl (C=O) groups is 1. The Hall–Kier alpha value is -1.58. The number of rotatable bonds is 7. The summed E-state index contributed by atoms with van der Waals surface area (Å²) in [5.41, 5.74) is 9.02. The van der Waals surface area contributed by atoms with Crippen LogP contribution in [-0.2, 0) is 9.53 Å². The Morgan fingerprint density at radius 1 is 1.37 bits per heavy atom. The molecule has 0 heterocycles. The molecule has 0 aromatic carbocycles. The monoisotopic (exact) mass is 266 g/mol. The third kappa shape index (κ3) is 5.73. The Morgan fingerprint density at radius 3 is 2.37 bits per heavy atom. The summed E-state index contributed by atoms with van der Waals surface area (Å²) in [4.78, 5) is 15.7. The Labute approximate surface area is 116 Å². The minimum atomic E-state index is -0.334. The molecule has 0 amide bonds. The van der Waals surface area contributed by atoms with Crippen molar-refractivity contribution in [3.05, 3.63) is 23.4 Å². The fraction of sp³-hybridized carbons (Fsp3) is 0.600. The summed E-state index contributed by atoms with van der Waals surface area (Å²) >= 11 is 0. The fourth-order valence-electron chi connectivity index (χ4n) is 1.48. The van der Waals surface area contributed by atoms with Gasteiger partial charge in [-0.15, -0.1) is 0 Å². The van der Waals surface area contributed by atoms with Crippen molar-refractivity contribution in [2.24, 2.45) is 16.6 Å². The number of aliphatic imine (C=N–C) groups is 1. The van der Waals surface area contributed by atoms with Gasteiger partial charge in [-0.1, -0.05) is 20.4 Å². The van der Waals surface area contributed by atoms with E-state index in [1.54, 1.807) is 6.92 Å². The van der Waals surface area contributed by atoms with Crippen LogP contribution in [-0.4, -0.2) is 24.8 Å². The Kier molecular flexibility index (Phi) is 7.80. The molecule has 0 aliphatic rings. The van der Waals surface area contributed by atoms with Crippen molar-refractivity contribution in [2.45, 2.75) is 41.0 Å². The van der Waals surface area contributed by atoms with E-state index in [9.17, 15) is 4.79 Å². The number of nitrogens with zero attached hydrogens (tertiary/aromatic N) is 1. The first-order chi connectivity index (χ1) is 8.84. The molecule has 0 rings (SSSR count). The second kappa shape index (κ2) is 8.51. The lowest BCUT2D eigenvalue weighted by Gasteiger charge is -2.17. The van der Waals surface area contributed by atoms with E-state index in [-0.39, 0.29) is 12.5 Å². The largest absolute Gasteiger partial charge is 0.465 e. The fourth-order valence-corrected chi connectivity index (χ4v) is 1.48. The van der Waals surface area contributed by atoms with Crippen molar-refractivity contribution in [3.8, 4) is 0 Å². The minimum absolute atomic E-state index is 0.00322. The Balaban J connectivity index is 5.19. The molecule has 4 nitrogen and oxygen atoms in total. The normalized spacial score (nSPS) is 14.7. The molecule has 0 fully saturated rings. The highest BCUT2D eigenvalue weighted by Crippen LogP contribution is 2.19. The number of hydrogen-bond donors (Lipinski definition) is 1. The molecule has 0 saturated heterocycles. The van der Waals surface area contributed by atoms with Crippen LogP contribution in [0.25, 0.3) is 0 Å². The molecular weight excluding hydrogens is 240 g/mol. The summed E-state index contributed by atoms with van der Waals surface area (Å²) < 4.78 is 4.88. The van der Waals surface area contributed by atoms with Gasteiger partial charge in [0.25, 0.3) is 0 Å². The van der Waals surface area contributed by atoms with E-state index in [1.807, 2.05) is 13.8 Å². The van der Waals surface area contributed by atoms with Gasteiger partial charge < -0.3 is 10.5 Å². The minimum Gasteiger partial charge on any atom is -0.465 e. The quantitative estimate of drug-likeness (QED) is 0.569. The zero-order valence-electron chi connectivity index (χ0n) is 12.7. The summed E-state index contributed by atoms with van der Waals surface area (Å²) in [6.45, 7) is 14.1. The van der Waals surface area contributed by atoms with Crippen molar-refractivity contribution in [1.29, 1.82) is 0 Å². The molecule has 19 heavy (non-hydrogen) atoms. The molecule has 1 unspecified atom stereocenters. The smallest absolute Gasteiger partial charge is 0.327 e. The molecule has 0 aliphatic heterocycles. The average molecular weight is 266 g/mol. The van der Waals surface area contributed by atoms with Crippen LogP contribution in [0.5, 0.6) is 0 Å². The molecule has 0 aromatic rings.